The van der Waals surface area contributed by atoms with Gasteiger partial charge in [0.15, 0.2) is 5.78 Å². The predicted molar refractivity (Wildman–Crippen MR) is 117 cm³/mol. The molecular formula is C24H40O4. The normalized spacial score (nSPS) is 11.9. The van der Waals surface area contributed by atoms with Crippen LogP contribution in [0.5, 0.6) is 5.75 Å². The summed E-state index contributed by atoms with van der Waals surface area (Å²) in [4.78, 5) is 33.5. The number of aromatic hydroxyl groups is 1. The lowest BCUT2D eigenvalue weighted by molar-refractivity contribution is -0.121. The molecule has 0 saturated heterocycles. The standard InChI is InChI=1S/C13H18O2.C9H16O2.C2H6/c1-4-9(3)13(15)12-7-6-11(14)8-10(12)5-2;1-4-9(11)6-5-7(2)8(3)10;1-2/h6-9,14H,4-5H2,1-3H3;7H,4-6H2,1-3H3;1-2H3. The van der Waals surface area contributed by atoms with E-state index in [0.717, 1.165) is 24.0 Å². The van der Waals surface area contributed by atoms with Crippen LogP contribution in [0.3, 0.4) is 0 Å². The molecule has 28 heavy (non-hydrogen) atoms. The molecule has 0 fully saturated rings. The zero-order chi connectivity index (χ0) is 22.3. The fourth-order valence-electron chi connectivity index (χ4n) is 2.32. The van der Waals surface area contributed by atoms with Crippen LogP contribution in [0.2, 0.25) is 0 Å². The lowest BCUT2D eigenvalue weighted by atomic mass is 9.92. The molecule has 0 aliphatic rings. The molecule has 0 heterocycles. The highest BCUT2D eigenvalue weighted by molar-refractivity contribution is 5.99. The van der Waals surface area contributed by atoms with Gasteiger partial charge < -0.3 is 5.11 Å². The molecule has 2 atom stereocenters. The molecule has 0 radical (unpaired) electrons. The molecule has 4 nitrogen and oxygen atoms in total. The highest BCUT2D eigenvalue weighted by Gasteiger charge is 2.16. The summed E-state index contributed by atoms with van der Waals surface area (Å²) in [7, 11) is 0. The van der Waals surface area contributed by atoms with Crippen molar-refractivity contribution in [1.82, 2.24) is 0 Å². The van der Waals surface area contributed by atoms with Crippen LogP contribution < -0.4 is 0 Å². The molecule has 2 unspecified atom stereocenters. The first-order valence-electron chi connectivity index (χ1n) is 10.6. The Balaban J connectivity index is 0. The smallest absolute Gasteiger partial charge is 0.165 e. The molecule has 1 aromatic carbocycles. The molecule has 0 aliphatic heterocycles. The Morgan fingerprint density at radius 2 is 1.57 bits per heavy atom. The number of benzene rings is 1. The number of Topliss-reactive ketones (excluding diaryl/α,β-unsaturated/α-hetero) is 3. The SMILES string of the molecule is CC.CCC(=O)CCC(C)C(C)=O.CCc1cc(O)ccc1C(=O)C(C)CC. The summed E-state index contributed by atoms with van der Waals surface area (Å²) in [5, 5.41) is 9.33. The lowest BCUT2D eigenvalue weighted by Gasteiger charge is -2.11. The van der Waals surface area contributed by atoms with Crippen molar-refractivity contribution in [1.29, 1.82) is 0 Å². The van der Waals surface area contributed by atoms with E-state index in [1.807, 2.05) is 48.5 Å². The Bertz CT molecular complexity index is 605. The third-order valence-electron chi connectivity index (χ3n) is 4.74. The van der Waals surface area contributed by atoms with Gasteiger partial charge in [0.05, 0.1) is 0 Å². The van der Waals surface area contributed by atoms with Gasteiger partial charge in [0.1, 0.15) is 17.3 Å². The molecule has 0 saturated carbocycles. The first-order chi connectivity index (χ1) is 13.2. The van der Waals surface area contributed by atoms with Crippen molar-refractivity contribution < 1.29 is 19.5 Å². The minimum Gasteiger partial charge on any atom is -0.508 e. The average Bonchev–Trinajstić information content (AvgIpc) is 2.72. The third kappa shape index (κ3) is 11.0. The van der Waals surface area contributed by atoms with E-state index >= 15 is 0 Å². The molecule has 0 amide bonds. The molecule has 1 rings (SSSR count). The monoisotopic (exact) mass is 392 g/mol. The number of hydrogen-bond donors (Lipinski definition) is 1. The minimum absolute atomic E-state index is 0.0468. The summed E-state index contributed by atoms with van der Waals surface area (Å²) < 4.78 is 0. The van der Waals surface area contributed by atoms with Crippen molar-refractivity contribution >= 4 is 17.3 Å². The number of phenolic OH excluding ortho intramolecular Hbond substituents is 1. The van der Waals surface area contributed by atoms with E-state index in [2.05, 4.69) is 0 Å². The lowest BCUT2D eigenvalue weighted by Crippen LogP contribution is -2.12. The van der Waals surface area contributed by atoms with Gasteiger partial charge in [-0.3, -0.25) is 14.4 Å². The van der Waals surface area contributed by atoms with Gasteiger partial charge in [-0.1, -0.05) is 48.5 Å². The van der Waals surface area contributed by atoms with Gasteiger partial charge in [0, 0.05) is 30.2 Å². The number of hydrogen-bond acceptors (Lipinski definition) is 4. The van der Waals surface area contributed by atoms with Crippen molar-refractivity contribution in [2.24, 2.45) is 11.8 Å². The Kier molecular flexibility index (Phi) is 16.2. The van der Waals surface area contributed by atoms with Crippen molar-refractivity contribution in [3.63, 3.8) is 0 Å². The Morgan fingerprint density at radius 1 is 1.00 bits per heavy atom. The largest absolute Gasteiger partial charge is 0.508 e. The summed E-state index contributed by atoms with van der Waals surface area (Å²) in [6.45, 7) is 15.2. The van der Waals surface area contributed by atoms with Crippen molar-refractivity contribution in [2.75, 3.05) is 0 Å². The molecule has 0 bridgehead atoms. The number of phenols is 1. The fourth-order valence-corrected chi connectivity index (χ4v) is 2.32. The van der Waals surface area contributed by atoms with Crippen LogP contribution in [0.15, 0.2) is 18.2 Å². The van der Waals surface area contributed by atoms with Gasteiger partial charge in [0.2, 0.25) is 0 Å². The van der Waals surface area contributed by atoms with E-state index in [4.69, 9.17) is 0 Å². The van der Waals surface area contributed by atoms with E-state index in [1.165, 1.54) is 0 Å². The Hall–Kier alpha value is -1.97. The quantitative estimate of drug-likeness (QED) is 0.509. The summed E-state index contributed by atoms with van der Waals surface area (Å²) in [6, 6.07) is 4.98. The summed E-state index contributed by atoms with van der Waals surface area (Å²) in [5.74, 6) is 0.930. The van der Waals surface area contributed by atoms with E-state index in [0.29, 0.717) is 19.3 Å². The topological polar surface area (TPSA) is 71.4 Å². The fraction of sp³-hybridized carbons (Fsp3) is 0.625. The molecule has 1 N–H and O–H groups in total. The van der Waals surface area contributed by atoms with E-state index in [-0.39, 0.29) is 34.9 Å². The van der Waals surface area contributed by atoms with Gasteiger partial charge in [0.25, 0.3) is 0 Å². The average molecular weight is 393 g/mol. The third-order valence-corrected chi connectivity index (χ3v) is 4.74. The Labute approximate surface area is 171 Å². The van der Waals surface area contributed by atoms with Gasteiger partial charge in [-0.2, -0.15) is 0 Å². The molecule has 0 aliphatic carbocycles. The molecule has 0 aromatic heterocycles. The molecule has 160 valence electrons. The van der Waals surface area contributed by atoms with E-state index in [9.17, 15) is 19.5 Å². The first-order valence-corrected chi connectivity index (χ1v) is 10.6. The second kappa shape index (κ2) is 16.0. The summed E-state index contributed by atoms with van der Waals surface area (Å²) >= 11 is 0. The van der Waals surface area contributed by atoms with Gasteiger partial charge in [-0.15, -0.1) is 0 Å². The van der Waals surface area contributed by atoms with Gasteiger partial charge in [-0.25, -0.2) is 0 Å². The van der Waals surface area contributed by atoms with Crippen molar-refractivity contribution in [3.05, 3.63) is 29.3 Å². The molecule has 4 heteroatoms. The maximum atomic E-state index is 12.0. The van der Waals surface area contributed by atoms with Crippen LogP contribution in [-0.2, 0) is 16.0 Å². The van der Waals surface area contributed by atoms with Crippen LogP contribution in [-0.4, -0.2) is 22.5 Å². The maximum Gasteiger partial charge on any atom is 0.165 e. The summed E-state index contributed by atoms with van der Waals surface area (Å²) in [6.07, 6.45) is 3.47. The van der Waals surface area contributed by atoms with Crippen LogP contribution in [0, 0.1) is 11.8 Å². The van der Waals surface area contributed by atoms with Gasteiger partial charge >= 0.3 is 0 Å². The van der Waals surface area contributed by atoms with Crippen LogP contribution in [0.25, 0.3) is 0 Å². The molecule has 1 aromatic rings. The van der Waals surface area contributed by atoms with E-state index in [1.54, 1.807) is 25.1 Å². The van der Waals surface area contributed by atoms with Crippen LogP contribution in [0.4, 0.5) is 0 Å². The highest BCUT2D eigenvalue weighted by atomic mass is 16.3. The van der Waals surface area contributed by atoms with E-state index < -0.39 is 0 Å². The van der Waals surface area contributed by atoms with Crippen LogP contribution >= 0.6 is 0 Å². The number of carbonyl (C=O) groups is 3. The maximum absolute atomic E-state index is 12.0. The number of ketones is 3. The zero-order valence-corrected chi connectivity index (χ0v) is 19.1. The van der Waals surface area contributed by atoms with Gasteiger partial charge in [-0.05, 0) is 49.9 Å². The highest BCUT2D eigenvalue weighted by Crippen LogP contribution is 2.21. The second-order valence-corrected chi connectivity index (χ2v) is 6.81. The zero-order valence-electron chi connectivity index (χ0n) is 19.1. The minimum atomic E-state index is 0.0468. The van der Waals surface area contributed by atoms with Crippen LogP contribution in [0.1, 0.15) is 97.0 Å². The molecule has 0 spiro atoms. The second-order valence-electron chi connectivity index (χ2n) is 6.81. The van der Waals surface area contributed by atoms with Crippen molar-refractivity contribution in [3.8, 4) is 5.75 Å². The number of aryl methyl sites for hydroxylation is 1. The first kappa shape index (κ1) is 28.2. The predicted octanol–water partition coefficient (Wildman–Crippen LogP) is 6.18. The molecular weight excluding hydrogens is 352 g/mol. The Morgan fingerprint density at radius 3 is 2.00 bits per heavy atom. The number of carbonyl (C=O) groups excluding carboxylic acids is 3. The van der Waals surface area contributed by atoms with Crippen molar-refractivity contribution in [2.45, 2.75) is 87.5 Å². The summed E-state index contributed by atoms with van der Waals surface area (Å²) in [5.41, 5.74) is 1.69. The number of rotatable bonds is 9.